The molecule has 0 aliphatic rings. The van der Waals surface area contributed by atoms with E-state index >= 15 is 0 Å². The van der Waals surface area contributed by atoms with Crippen LogP contribution in [0.2, 0.25) is 5.02 Å². The zero-order valence-corrected chi connectivity index (χ0v) is 12.2. The summed E-state index contributed by atoms with van der Waals surface area (Å²) in [5.74, 6) is 0.488. The lowest BCUT2D eigenvalue weighted by atomic mass is 10.2. The second-order valence-corrected chi connectivity index (χ2v) is 4.74. The fourth-order valence-electron chi connectivity index (χ4n) is 1.72. The van der Waals surface area contributed by atoms with Crippen LogP contribution in [0, 0.1) is 0 Å². The molecule has 0 spiro atoms. The Labute approximate surface area is 128 Å². The first-order valence-corrected chi connectivity index (χ1v) is 6.64. The maximum absolute atomic E-state index is 11.8. The van der Waals surface area contributed by atoms with E-state index in [4.69, 9.17) is 22.1 Å². The standard InChI is InChI=1S/C16H15ClN2O2/c1-21-13-4-2-3-11(9-13)5-8-16(20)19-12-6-7-14(17)15(18)10-12/h2-10H,18H2,1H3,(H,19,20)/b8-5+. The number of rotatable bonds is 4. The van der Waals surface area contributed by atoms with E-state index in [0.717, 1.165) is 11.3 Å². The number of hydrogen-bond acceptors (Lipinski definition) is 3. The van der Waals surface area contributed by atoms with Crippen molar-refractivity contribution >= 4 is 35.0 Å². The number of methoxy groups -OCH3 is 1. The minimum absolute atomic E-state index is 0.250. The van der Waals surface area contributed by atoms with Gasteiger partial charge in [0.25, 0.3) is 0 Å². The van der Waals surface area contributed by atoms with Gasteiger partial charge in [-0.1, -0.05) is 23.7 Å². The summed E-state index contributed by atoms with van der Waals surface area (Å²) < 4.78 is 5.12. The van der Waals surface area contributed by atoms with Crippen LogP contribution in [-0.4, -0.2) is 13.0 Å². The van der Waals surface area contributed by atoms with Gasteiger partial charge in [-0.15, -0.1) is 0 Å². The minimum Gasteiger partial charge on any atom is -0.497 e. The summed E-state index contributed by atoms with van der Waals surface area (Å²) in [5.41, 5.74) is 7.57. The van der Waals surface area contributed by atoms with E-state index in [1.807, 2.05) is 24.3 Å². The zero-order valence-electron chi connectivity index (χ0n) is 11.5. The van der Waals surface area contributed by atoms with E-state index in [1.54, 1.807) is 31.4 Å². The average molecular weight is 303 g/mol. The summed E-state index contributed by atoms with van der Waals surface area (Å²) in [6, 6.07) is 12.4. The number of amides is 1. The molecule has 0 heterocycles. The van der Waals surface area contributed by atoms with E-state index in [1.165, 1.54) is 6.08 Å². The molecule has 1 amide bonds. The molecular weight excluding hydrogens is 288 g/mol. The average Bonchev–Trinajstić information content (AvgIpc) is 2.49. The van der Waals surface area contributed by atoms with Crippen molar-refractivity contribution in [3.8, 4) is 5.75 Å². The van der Waals surface area contributed by atoms with Crippen LogP contribution in [0.25, 0.3) is 6.08 Å². The van der Waals surface area contributed by atoms with Crippen molar-refractivity contribution < 1.29 is 9.53 Å². The normalized spacial score (nSPS) is 10.6. The lowest BCUT2D eigenvalue weighted by Gasteiger charge is -2.04. The van der Waals surface area contributed by atoms with Gasteiger partial charge in [0.15, 0.2) is 0 Å². The predicted molar refractivity (Wildman–Crippen MR) is 86.5 cm³/mol. The third-order valence-electron chi connectivity index (χ3n) is 2.78. The number of nitrogen functional groups attached to an aromatic ring is 1. The molecule has 0 radical (unpaired) electrons. The third kappa shape index (κ3) is 4.26. The summed E-state index contributed by atoms with van der Waals surface area (Å²) in [6.07, 6.45) is 3.15. The van der Waals surface area contributed by atoms with E-state index in [0.29, 0.717) is 16.4 Å². The molecular formula is C16H15ClN2O2. The first-order chi connectivity index (χ1) is 10.1. The van der Waals surface area contributed by atoms with Crippen LogP contribution >= 0.6 is 11.6 Å². The monoisotopic (exact) mass is 302 g/mol. The van der Waals surface area contributed by atoms with E-state index in [2.05, 4.69) is 5.32 Å². The van der Waals surface area contributed by atoms with Crippen molar-refractivity contribution in [2.24, 2.45) is 0 Å². The highest BCUT2D eigenvalue weighted by molar-refractivity contribution is 6.33. The number of benzene rings is 2. The van der Waals surface area contributed by atoms with E-state index < -0.39 is 0 Å². The fraction of sp³-hybridized carbons (Fsp3) is 0.0625. The lowest BCUT2D eigenvalue weighted by Crippen LogP contribution is -2.07. The molecule has 0 aromatic heterocycles. The Morgan fingerprint density at radius 2 is 2.10 bits per heavy atom. The Morgan fingerprint density at radius 1 is 1.29 bits per heavy atom. The number of carbonyl (C=O) groups is 1. The van der Waals surface area contributed by atoms with Gasteiger partial charge < -0.3 is 15.8 Å². The van der Waals surface area contributed by atoms with E-state index in [9.17, 15) is 4.79 Å². The van der Waals surface area contributed by atoms with Gasteiger partial charge in [0.1, 0.15) is 5.75 Å². The Morgan fingerprint density at radius 3 is 2.81 bits per heavy atom. The minimum atomic E-state index is -0.250. The molecule has 0 aliphatic carbocycles. The quantitative estimate of drug-likeness (QED) is 0.670. The van der Waals surface area contributed by atoms with Crippen LogP contribution in [0.3, 0.4) is 0 Å². The first-order valence-electron chi connectivity index (χ1n) is 6.26. The predicted octanol–water partition coefficient (Wildman–Crippen LogP) is 3.58. The molecule has 108 valence electrons. The number of anilines is 2. The third-order valence-corrected chi connectivity index (χ3v) is 3.13. The van der Waals surface area contributed by atoms with Gasteiger partial charge in [-0.3, -0.25) is 4.79 Å². The summed E-state index contributed by atoms with van der Waals surface area (Å²) in [7, 11) is 1.60. The van der Waals surface area contributed by atoms with Gasteiger partial charge in [0.2, 0.25) is 5.91 Å². The van der Waals surface area contributed by atoms with Crippen LogP contribution in [0.15, 0.2) is 48.5 Å². The fourth-order valence-corrected chi connectivity index (χ4v) is 1.84. The summed E-state index contributed by atoms with van der Waals surface area (Å²) in [6.45, 7) is 0. The van der Waals surface area contributed by atoms with Crippen molar-refractivity contribution in [3.05, 3.63) is 59.1 Å². The van der Waals surface area contributed by atoms with Crippen molar-refractivity contribution in [1.29, 1.82) is 0 Å². The van der Waals surface area contributed by atoms with Crippen molar-refractivity contribution in [1.82, 2.24) is 0 Å². The summed E-state index contributed by atoms with van der Waals surface area (Å²) in [5, 5.41) is 3.17. The Hall–Kier alpha value is -2.46. The molecule has 0 atom stereocenters. The van der Waals surface area contributed by atoms with Gasteiger partial charge in [0, 0.05) is 11.8 Å². The molecule has 0 saturated heterocycles. The number of nitrogens with two attached hydrogens (primary N) is 1. The lowest BCUT2D eigenvalue weighted by molar-refractivity contribution is -0.111. The van der Waals surface area contributed by atoms with Crippen LogP contribution in [-0.2, 0) is 4.79 Å². The van der Waals surface area contributed by atoms with E-state index in [-0.39, 0.29) is 5.91 Å². The van der Waals surface area contributed by atoms with Crippen LogP contribution in [0.1, 0.15) is 5.56 Å². The molecule has 0 saturated carbocycles. The molecule has 2 aromatic rings. The largest absolute Gasteiger partial charge is 0.497 e. The van der Waals surface area contributed by atoms with Crippen LogP contribution in [0.4, 0.5) is 11.4 Å². The van der Waals surface area contributed by atoms with Gasteiger partial charge in [0.05, 0.1) is 17.8 Å². The molecule has 0 unspecified atom stereocenters. The first kappa shape index (κ1) is 14.9. The van der Waals surface area contributed by atoms with Crippen molar-refractivity contribution in [2.45, 2.75) is 0 Å². The van der Waals surface area contributed by atoms with Gasteiger partial charge >= 0.3 is 0 Å². The van der Waals surface area contributed by atoms with Gasteiger partial charge in [-0.05, 0) is 42.0 Å². The molecule has 5 heteroatoms. The number of carbonyl (C=O) groups excluding carboxylic acids is 1. The highest BCUT2D eigenvalue weighted by atomic mass is 35.5. The van der Waals surface area contributed by atoms with Crippen LogP contribution < -0.4 is 15.8 Å². The zero-order chi connectivity index (χ0) is 15.2. The molecule has 0 aliphatic heterocycles. The molecule has 3 N–H and O–H groups in total. The Balaban J connectivity index is 2.03. The molecule has 2 rings (SSSR count). The second-order valence-electron chi connectivity index (χ2n) is 4.34. The molecule has 2 aromatic carbocycles. The van der Waals surface area contributed by atoms with Gasteiger partial charge in [-0.25, -0.2) is 0 Å². The highest BCUT2D eigenvalue weighted by Gasteiger charge is 2.01. The second kappa shape index (κ2) is 6.81. The SMILES string of the molecule is COc1cccc(/C=C/C(=O)Nc2ccc(Cl)c(N)c2)c1. The maximum Gasteiger partial charge on any atom is 0.248 e. The van der Waals surface area contributed by atoms with Crippen LogP contribution in [0.5, 0.6) is 5.75 Å². The maximum atomic E-state index is 11.8. The summed E-state index contributed by atoms with van der Waals surface area (Å²) >= 11 is 5.82. The number of halogens is 1. The molecule has 4 nitrogen and oxygen atoms in total. The molecule has 21 heavy (non-hydrogen) atoms. The number of ether oxygens (including phenoxy) is 1. The number of hydrogen-bond donors (Lipinski definition) is 2. The Kier molecular flexibility index (Phi) is 4.85. The topological polar surface area (TPSA) is 64.3 Å². The smallest absolute Gasteiger partial charge is 0.248 e. The highest BCUT2D eigenvalue weighted by Crippen LogP contribution is 2.22. The number of nitrogens with one attached hydrogen (secondary N) is 1. The molecule has 0 bridgehead atoms. The van der Waals surface area contributed by atoms with Crippen molar-refractivity contribution in [2.75, 3.05) is 18.2 Å². The van der Waals surface area contributed by atoms with Gasteiger partial charge in [-0.2, -0.15) is 0 Å². The van der Waals surface area contributed by atoms with Crippen molar-refractivity contribution in [3.63, 3.8) is 0 Å². The summed E-state index contributed by atoms with van der Waals surface area (Å²) in [4.78, 5) is 11.8. The Bertz CT molecular complexity index is 684. The molecule has 0 fully saturated rings.